The molecule has 2 N–H and O–H groups in total. The maximum absolute atomic E-state index is 12.0. The van der Waals surface area contributed by atoms with Crippen LogP contribution in [0.4, 0.5) is 10.5 Å². The molecular formula is C14H16ClN5O2. The van der Waals surface area contributed by atoms with E-state index in [2.05, 4.69) is 20.7 Å². The number of carbonyl (C=O) groups excluding carboxylic acids is 1. The lowest BCUT2D eigenvalue weighted by atomic mass is 10.2. The van der Waals surface area contributed by atoms with Crippen LogP contribution in [0.2, 0.25) is 5.02 Å². The maximum atomic E-state index is 12.0. The van der Waals surface area contributed by atoms with Crippen LogP contribution in [0.25, 0.3) is 5.69 Å². The van der Waals surface area contributed by atoms with Crippen molar-refractivity contribution in [1.82, 2.24) is 20.1 Å². The van der Waals surface area contributed by atoms with Gasteiger partial charge in [0.1, 0.15) is 12.7 Å². The van der Waals surface area contributed by atoms with Gasteiger partial charge in [-0.3, -0.25) is 0 Å². The van der Waals surface area contributed by atoms with Crippen LogP contribution < -0.4 is 10.6 Å². The highest BCUT2D eigenvalue weighted by Gasteiger charge is 2.16. The molecule has 0 bridgehead atoms. The van der Waals surface area contributed by atoms with Gasteiger partial charge in [0.25, 0.3) is 0 Å². The summed E-state index contributed by atoms with van der Waals surface area (Å²) in [4.78, 5) is 15.9. The summed E-state index contributed by atoms with van der Waals surface area (Å²) in [6.07, 6.45) is 5.09. The van der Waals surface area contributed by atoms with Crippen molar-refractivity contribution in [2.45, 2.75) is 18.9 Å². The number of rotatable bonds is 4. The molecule has 1 aliphatic rings. The number of urea groups is 1. The van der Waals surface area contributed by atoms with Crippen LogP contribution in [-0.4, -0.2) is 40.1 Å². The zero-order chi connectivity index (χ0) is 15.4. The maximum Gasteiger partial charge on any atom is 0.319 e. The summed E-state index contributed by atoms with van der Waals surface area (Å²) in [7, 11) is 0. The first-order chi connectivity index (χ1) is 10.7. The fraction of sp³-hybridized carbons (Fsp3) is 0.357. The zero-order valence-electron chi connectivity index (χ0n) is 11.8. The van der Waals surface area contributed by atoms with Crippen LogP contribution >= 0.6 is 11.6 Å². The highest BCUT2D eigenvalue weighted by Crippen LogP contribution is 2.23. The Bertz CT molecular complexity index is 641. The fourth-order valence-electron chi connectivity index (χ4n) is 2.32. The van der Waals surface area contributed by atoms with E-state index >= 15 is 0 Å². The lowest BCUT2D eigenvalue weighted by Crippen LogP contribution is -2.35. The first-order valence-electron chi connectivity index (χ1n) is 7.03. The van der Waals surface area contributed by atoms with Crippen LogP contribution in [0.1, 0.15) is 12.8 Å². The molecule has 0 saturated carbocycles. The average Bonchev–Trinajstić information content (AvgIpc) is 3.19. The molecule has 2 amide bonds. The quantitative estimate of drug-likeness (QED) is 0.904. The van der Waals surface area contributed by atoms with Gasteiger partial charge in [-0.1, -0.05) is 11.6 Å². The molecule has 0 unspecified atom stereocenters. The van der Waals surface area contributed by atoms with Crippen molar-refractivity contribution in [1.29, 1.82) is 0 Å². The third-order valence-corrected chi connectivity index (χ3v) is 3.62. The Labute approximate surface area is 132 Å². The molecule has 0 radical (unpaired) electrons. The number of benzene rings is 1. The minimum absolute atomic E-state index is 0.0971. The Hall–Kier alpha value is -2.12. The molecule has 1 aromatic carbocycles. The number of nitrogens with zero attached hydrogens (tertiary/aromatic N) is 3. The zero-order valence-corrected chi connectivity index (χ0v) is 12.6. The Morgan fingerprint density at radius 2 is 2.41 bits per heavy atom. The van der Waals surface area contributed by atoms with Crippen LogP contribution in [0.3, 0.4) is 0 Å². The summed E-state index contributed by atoms with van der Waals surface area (Å²) < 4.78 is 7.03. The van der Waals surface area contributed by atoms with Crippen LogP contribution in [0.15, 0.2) is 30.9 Å². The average molecular weight is 322 g/mol. The lowest BCUT2D eigenvalue weighted by Gasteiger charge is -2.14. The van der Waals surface area contributed by atoms with Gasteiger partial charge in [0, 0.05) is 18.2 Å². The number of carbonyl (C=O) groups is 1. The van der Waals surface area contributed by atoms with Crippen molar-refractivity contribution in [3.8, 4) is 5.69 Å². The Kier molecular flexibility index (Phi) is 4.55. The van der Waals surface area contributed by atoms with E-state index in [4.69, 9.17) is 16.3 Å². The highest BCUT2D eigenvalue weighted by molar-refractivity contribution is 6.31. The van der Waals surface area contributed by atoms with Gasteiger partial charge in [0.2, 0.25) is 0 Å². The van der Waals surface area contributed by atoms with Crippen molar-refractivity contribution in [2.75, 3.05) is 18.5 Å². The van der Waals surface area contributed by atoms with Gasteiger partial charge in [-0.25, -0.2) is 14.5 Å². The number of aromatic nitrogens is 3. The molecule has 1 aliphatic heterocycles. The predicted octanol–water partition coefficient (Wildman–Crippen LogP) is 2.22. The number of anilines is 1. The Morgan fingerprint density at radius 1 is 1.50 bits per heavy atom. The molecular weight excluding hydrogens is 306 g/mol. The monoisotopic (exact) mass is 321 g/mol. The van der Waals surface area contributed by atoms with Crippen molar-refractivity contribution < 1.29 is 9.53 Å². The normalized spacial score (nSPS) is 17.4. The first-order valence-corrected chi connectivity index (χ1v) is 7.41. The summed E-state index contributed by atoms with van der Waals surface area (Å²) in [5, 5.41) is 10.2. The topological polar surface area (TPSA) is 81.1 Å². The fourth-order valence-corrected chi connectivity index (χ4v) is 2.49. The minimum atomic E-state index is -0.306. The van der Waals surface area contributed by atoms with Crippen LogP contribution in [0, 0.1) is 0 Å². The van der Waals surface area contributed by atoms with E-state index < -0.39 is 0 Å². The number of halogens is 1. The number of hydrogen-bond acceptors (Lipinski definition) is 4. The van der Waals surface area contributed by atoms with Crippen LogP contribution in [-0.2, 0) is 4.74 Å². The van der Waals surface area contributed by atoms with Gasteiger partial charge >= 0.3 is 6.03 Å². The molecule has 116 valence electrons. The Morgan fingerprint density at radius 3 is 3.14 bits per heavy atom. The molecule has 2 heterocycles. The third-order valence-electron chi connectivity index (χ3n) is 3.39. The van der Waals surface area contributed by atoms with Crippen molar-refractivity contribution >= 4 is 23.3 Å². The van der Waals surface area contributed by atoms with E-state index in [0.29, 0.717) is 22.9 Å². The molecule has 0 aliphatic carbocycles. The van der Waals surface area contributed by atoms with E-state index in [1.54, 1.807) is 29.2 Å². The summed E-state index contributed by atoms with van der Waals surface area (Å²) in [6, 6.07) is 4.87. The van der Waals surface area contributed by atoms with Crippen molar-refractivity contribution in [2.24, 2.45) is 0 Å². The van der Waals surface area contributed by atoms with Gasteiger partial charge in [-0.05, 0) is 31.0 Å². The van der Waals surface area contributed by atoms with Gasteiger partial charge in [0.15, 0.2) is 0 Å². The molecule has 1 atom stereocenters. The largest absolute Gasteiger partial charge is 0.376 e. The highest BCUT2D eigenvalue weighted by atomic mass is 35.5. The summed E-state index contributed by atoms with van der Waals surface area (Å²) in [5.74, 6) is 0. The van der Waals surface area contributed by atoms with Gasteiger partial charge < -0.3 is 15.4 Å². The SMILES string of the molecule is O=C(NC[C@H]1CCCO1)Nc1cc(Cl)ccc1-n1cncn1. The van der Waals surface area contributed by atoms with E-state index in [0.717, 1.165) is 19.4 Å². The standard InChI is InChI=1S/C14H16ClN5O2/c15-10-3-4-13(20-9-16-8-18-20)12(6-10)19-14(21)17-7-11-2-1-5-22-11/h3-4,6,8-9,11H,1-2,5,7H2,(H2,17,19,21)/t11-/m1/s1. The molecule has 8 heteroatoms. The number of hydrogen-bond donors (Lipinski definition) is 2. The van der Waals surface area contributed by atoms with E-state index in [1.165, 1.54) is 6.33 Å². The molecule has 2 aromatic rings. The molecule has 0 spiro atoms. The Balaban J connectivity index is 1.68. The van der Waals surface area contributed by atoms with Crippen LogP contribution in [0.5, 0.6) is 0 Å². The first kappa shape index (κ1) is 14.8. The van der Waals surface area contributed by atoms with Crippen molar-refractivity contribution in [3.63, 3.8) is 0 Å². The number of amides is 2. The van der Waals surface area contributed by atoms with E-state index in [9.17, 15) is 4.79 Å². The summed E-state index contributed by atoms with van der Waals surface area (Å²) >= 11 is 6.01. The minimum Gasteiger partial charge on any atom is -0.376 e. The van der Waals surface area contributed by atoms with E-state index in [-0.39, 0.29) is 12.1 Å². The van der Waals surface area contributed by atoms with Gasteiger partial charge in [0.05, 0.1) is 17.5 Å². The molecule has 1 aromatic heterocycles. The second-order valence-corrected chi connectivity index (χ2v) is 5.41. The van der Waals surface area contributed by atoms with Gasteiger partial charge in [-0.2, -0.15) is 5.10 Å². The second kappa shape index (κ2) is 6.76. The molecule has 7 nitrogen and oxygen atoms in total. The van der Waals surface area contributed by atoms with Gasteiger partial charge in [-0.15, -0.1) is 0 Å². The van der Waals surface area contributed by atoms with E-state index in [1.807, 2.05) is 0 Å². The summed E-state index contributed by atoms with van der Waals surface area (Å²) in [6.45, 7) is 1.25. The smallest absolute Gasteiger partial charge is 0.319 e. The third kappa shape index (κ3) is 3.55. The molecule has 1 saturated heterocycles. The number of ether oxygens (including phenoxy) is 1. The molecule has 1 fully saturated rings. The van der Waals surface area contributed by atoms with Crippen molar-refractivity contribution in [3.05, 3.63) is 35.9 Å². The summed E-state index contributed by atoms with van der Waals surface area (Å²) in [5.41, 5.74) is 1.25. The molecule has 22 heavy (non-hydrogen) atoms. The number of nitrogens with one attached hydrogen (secondary N) is 2. The lowest BCUT2D eigenvalue weighted by molar-refractivity contribution is 0.112. The molecule has 3 rings (SSSR count). The second-order valence-electron chi connectivity index (χ2n) is 4.97. The predicted molar refractivity (Wildman–Crippen MR) is 82.4 cm³/mol.